The highest BCUT2D eigenvalue weighted by Gasteiger charge is 2.19. The number of aryl methyl sites for hydroxylation is 1. The van der Waals surface area contributed by atoms with Gasteiger partial charge in [-0.3, -0.25) is 9.59 Å². The molecule has 1 aromatic carbocycles. The van der Waals surface area contributed by atoms with Gasteiger partial charge < -0.3 is 19.8 Å². The minimum absolute atomic E-state index is 0.0246. The Morgan fingerprint density at radius 2 is 2.04 bits per heavy atom. The molecule has 0 bridgehead atoms. The van der Waals surface area contributed by atoms with Gasteiger partial charge in [0.1, 0.15) is 11.5 Å². The van der Waals surface area contributed by atoms with E-state index in [2.05, 4.69) is 10.6 Å². The Balaban J connectivity index is 1.71. The topological polar surface area (TPSA) is 80.6 Å². The Morgan fingerprint density at radius 1 is 1.23 bits per heavy atom. The van der Waals surface area contributed by atoms with Crippen molar-refractivity contribution >= 4 is 17.9 Å². The lowest BCUT2D eigenvalue weighted by molar-refractivity contribution is -0.118. The first kappa shape index (κ1) is 17.9. The molecule has 1 atom stereocenters. The van der Waals surface area contributed by atoms with Crippen LogP contribution < -0.4 is 10.6 Å². The molecule has 0 radical (unpaired) electrons. The van der Waals surface area contributed by atoms with Crippen LogP contribution in [-0.2, 0) is 9.53 Å². The van der Waals surface area contributed by atoms with Gasteiger partial charge in [0, 0.05) is 24.8 Å². The summed E-state index contributed by atoms with van der Waals surface area (Å²) >= 11 is 0. The van der Waals surface area contributed by atoms with Crippen molar-refractivity contribution in [1.29, 1.82) is 0 Å². The average Bonchev–Trinajstić information content (AvgIpc) is 3.33. The highest BCUT2D eigenvalue weighted by Crippen LogP contribution is 2.12. The summed E-state index contributed by atoms with van der Waals surface area (Å²) in [6.07, 6.45) is 4.97. The van der Waals surface area contributed by atoms with Crippen molar-refractivity contribution in [3.63, 3.8) is 0 Å². The van der Waals surface area contributed by atoms with E-state index in [0.717, 1.165) is 25.0 Å². The third-order valence-corrected chi connectivity index (χ3v) is 4.15. The second-order valence-electron chi connectivity index (χ2n) is 6.24. The van der Waals surface area contributed by atoms with Crippen molar-refractivity contribution in [1.82, 2.24) is 10.6 Å². The summed E-state index contributed by atoms with van der Waals surface area (Å²) in [6, 6.07) is 10.6. The minimum atomic E-state index is -0.377. The third kappa shape index (κ3) is 4.83. The van der Waals surface area contributed by atoms with Gasteiger partial charge in [-0.2, -0.15) is 0 Å². The van der Waals surface area contributed by atoms with Crippen molar-refractivity contribution in [2.75, 3.05) is 13.2 Å². The molecule has 1 aliphatic rings. The molecule has 1 aliphatic heterocycles. The van der Waals surface area contributed by atoms with Gasteiger partial charge in [-0.1, -0.05) is 17.7 Å². The number of hydrogen-bond acceptors (Lipinski definition) is 4. The monoisotopic (exact) mass is 354 g/mol. The zero-order valence-corrected chi connectivity index (χ0v) is 14.7. The number of amides is 2. The lowest BCUT2D eigenvalue weighted by Crippen LogP contribution is -2.38. The Bertz CT molecular complexity index is 773. The van der Waals surface area contributed by atoms with Crippen molar-refractivity contribution in [3.05, 3.63) is 65.2 Å². The third-order valence-electron chi connectivity index (χ3n) is 4.15. The molecular formula is C20H22N2O4. The van der Waals surface area contributed by atoms with Crippen LogP contribution in [-0.4, -0.2) is 31.1 Å². The average molecular weight is 354 g/mol. The zero-order chi connectivity index (χ0) is 18.4. The standard InChI is InChI=1S/C20H22N2O4/c1-14-6-8-15(9-7-14)19(23)22-18(12-16-4-2-10-25-16)20(24)21-13-17-5-3-11-26-17/h2,4,6-10,12,17H,3,5,11,13H2,1H3,(H,21,24)(H,22,23)/b18-12-/t17-/m1/s1. The number of carbonyl (C=O) groups excluding carboxylic acids is 2. The minimum Gasteiger partial charge on any atom is -0.465 e. The molecule has 3 rings (SSSR count). The van der Waals surface area contributed by atoms with E-state index in [1.54, 1.807) is 24.3 Å². The molecule has 6 heteroatoms. The van der Waals surface area contributed by atoms with Gasteiger partial charge in [-0.15, -0.1) is 0 Å². The Kier molecular flexibility index (Phi) is 5.86. The molecule has 1 saturated heterocycles. The van der Waals surface area contributed by atoms with E-state index in [0.29, 0.717) is 17.9 Å². The lowest BCUT2D eigenvalue weighted by atomic mass is 10.1. The van der Waals surface area contributed by atoms with Crippen molar-refractivity contribution in [3.8, 4) is 0 Å². The summed E-state index contributed by atoms with van der Waals surface area (Å²) in [5.41, 5.74) is 1.67. The molecule has 26 heavy (non-hydrogen) atoms. The van der Waals surface area contributed by atoms with Crippen LogP contribution in [0, 0.1) is 6.92 Å². The van der Waals surface area contributed by atoms with Gasteiger partial charge in [0.15, 0.2) is 0 Å². The summed E-state index contributed by atoms with van der Waals surface area (Å²) in [6.45, 7) is 3.08. The van der Waals surface area contributed by atoms with Crippen LogP contribution in [0.15, 0.2) is 52.8 Å². The molecular weight excluding hydrogens is 332 g/mol. The van der Waals surface area contributed by atoms with Gasteiger partial charge in [0.05, 0.1) is 12.4 Å². The lowest BCUT2D eigenvalue weighted by Gasteiger charge is -2.13. The molecule has 2 N–H and O–H groups in total. The number of hydrogen-bond donors (Lipinski definition) is 2. The van der Waals surface area contributed by atoms with E-state index >= 15 is 0 Å². The molecule has 0 saturated carbocycles. The van der Waals surface area contributed by atoms with Gasteiger partial charge in [0.25, 0.3) is 11.8 Å². The van der Waals surface area contributed by atoms with Crippen LogP contribution in [0.4, 0.5) is 0 Å². The second-order valence-corrected chi connectivity index (χ2v) is 6.24. The zero-order valence-electron chi connectivity index (χ0n) is 14.7. The van der Waals surface area contributed by atoms with Crippen LogP contribution in [0.1, 0.15) is 34.5 Å². The SMILES string of the molecule is Cc1ccc(C(=O)N/C(=C\c2ccco2)C(=O)NC[C@H]2CCCO2)cc1. The van der Waals surface area contributed by atoms with Crippen LogP contribution >= 0.6 is 0 Å². The first-order valence-electron chi connectivity index (χ1n) is 8.65. The van der Waals surface area contributed by atoms with E-state index in [1.807, 2.05) is 19.1 Å². The summed E-state index contributed by atoms with van der Waals surface area (Å²) in [7, 11) is 0. The molecule has 1 aromatic heterocycles. The van der Waals surface area contributed by atoms with E-state index < -0.39 is 0 Å². The van der Waals surface area contributed by atoms with Gasteiger partial charge in [-0.05, 0) is 44.0 Å². The molecule has 2 aromatic rings. The van der Waals surface area contributed by atoms with Crippen LogP contribution in [0.3, 0.4) is 0 Å². The molecule has 0 spiro atoms. The molecule has 1 fully saturated rings. The first-order chi connectivity index (χ1) is 12.6. The second kappa shape index (κ2) is 8.49. The number of carbonyl (C=O) groups is 2. The van der Waals surface area contributed by atoms with Gasteiger partial charge in [-0.25, -0.2) is 0 Å². The molecule has 136 valence electrons. The fraction of sp³-hybridized carbons (Fsp3) is 0.300. The van der Waals surface area contributed by atoms with Crippen molar-refractivity contribution in [2.24, 2.45) is 0 Å². The summed E-state index contributed by atoms with van der Waals surface area (Å²) < 4.78 is 10.8. The van der Waals surface area contributed by atoms with E-state index in [-0.39, 0.29) is 23.6 Å². The number of rotatable bonds is 6. The number of benzene rings is 1. The van der Waals surface area contributed by atoms with E-state index in [1.165, 1.54) is 12.3 Å². The Morgan fingerprint density at radius 3 is 2.69 bits per heavy atom. The van der Waals surface area contributed by atoms with Crippen molar-refractivity contribution < 1.29 is 18.7 Å². The number of ether oxygens (including phenoxy) is 1. The maximum atomic E-state index is 12.6. The van der Waals surface area contributed by atoms with Gasteiger partial charge in [0.2, 0.25) is 0 Å². The fourth-order valence-corrected chi connectivity index (χ4v) is 2.68. The smallest absolute Gasteiger partial charge is 0.268 e. The highest BCUT2D eigenvalue weighted by atomic mass is 16.5. The molecule has 2 amide bonds. The number of nitrogens with one attached hydrogen (secondary N) is 2. The van der Waals surface area contributed by atoms with E-state index in [9.17, 15) is 9.59 Å². The van der Waals surface area contributed by atoms with Crippen molar-refractivity contribution in [2.45, 2.75) is 25.9 Å². The summed E-state index contributed by atoms with van der Waals surface area (Å²) in [5.74, 6) is -0.246. The molecule has 0 aliphatic carbocycles. The summed E-state index contributed by atoms with van der Waals surface area (Å²) in [4.78, 5) is 25.0. The highest BCUT2D eigenvalue weighted by molar-refractivity contribution is 6.05. The maximum absolute atomic E-state index is 12.6. The quantitative estimate of drug-likeness (QED) is 0.782. The van der Waals surface area contributed by atoms with Crippen LogP contribution in [0.25, 0.3) is 6.08 Å². The molecule has 0 unspecified atom stereocenters. The van der Waals surface area contributed by atoms with Crippen LogP contribution in [0.5, 0.6) is 0 Å². The largest absolute Gasteiger partial charge is 0.465 e. The normalized spacial score (nSPS) is 17.1. The molecule has 6 nitrogen and oxygen atoms in total. The predicted molar refractivity (Wildman–Crippen MR) is 97.3 cm³/mol. The summed E-state index contributed by atoms with van der Waals surface area (Å²) in [5, 5.41) is 5.49. The Labute approximate surface area is 152 Å². The maximum Gasteiger partial charge on any atom is 0.268 e. The predicted octanol–water partition coefficient (Wildman–Crippen LogP) is 2.65. The Hall–Kier alpha value is -2.86. The van der Waals surface area contributed by atoms with Gasteiger partial charge >= 0.3 is 0 Å². The number of furan rings is 1. The van der Waals surface area contributed by atoms with Crippen LogP contribution in [0.2, 0.25) is 0 Å². The first-order valence-corrected chi connectivity index (χ1v) is 8.65. The molecule has 2 heterocycles. The van der Waals surface area contributed by atoms with E-state index in [4.69, 9.17) is 9.15 Å². The fourth-order valence-electron chi connectivity index (χ4n) is 2.68.